The van der Waals surface area contributed by atoms with Gasteiger partial charge in [0.15, 0.2) is 0 Å². The molecule has 5 nitrogen and oxygen atoms in total. The topological polar surface area (TPSA) is 57.7 Å². The van der Waals surface area contributed by atoms with Gasteiger partial charge in [-0.25, -0.2) is 8.42 Å². The summed E-state index contributed by atoms with van der Waals surface area (Å²) in [6, 6.07) is 8.99. The highest BCUT2D eigenvalue weighted by molar-refractivity contribution is 7.92. The van der Waals surface area contributed by atoms with Gasteiger partial charge in [0.1, 0.15) is 0 Å². The van der Waals surface area contributed by atoms with Crippen molar-refractivity contribution < 1.29 is 13.2 Å². The molecule has 0 saturated carbocycles. The van der Waals surface area contributed by atoms with Crippen LogP contribution in [-0.4, -0.2) is 49.7 Å². The molecule has 0 radical (unpaired) electrons. The number of amides is 1. The molecule has 1 aliphatic heterocycles. The summed E-state index contributed by atoms with van der Waals surface area (Å²) < 4.78 is 24.6. The van der Waals surface area contributed by atoms with Crippen molar-refractivity contribution in [2.45, 2.75) is 0 Å². The molecule has 0 aliphatic carbocycles. The Kier molecular flexibility index (Phi) is 4.01. The molecule has 0 aromatic heterocycles. The van der Waals surface area contributed by atoms with E-state index in [0.29, 0.717) is 31.7 Å². The van der Waals surface area contributed by atoms with E-state index in [0.717, 1.165) is 5.41 Å². The fraction of sp³-hybridized carbons (Fsp3) is 0.308. The first kappa shape index (κ1) is 13.8. The molecule has 1 fully saturated rings. The molecule has 0 bridgehead atoms. The van der Waals surface area contributed by atoms with Gasteiger partial charge in [0.2, 0.25) is 10.0 Å². The molecule has 2 rings (SSSR count). The summed E-state index contributed by atoms with van der Waals surface area (Å²) in [6.07, 6.45) is 0. The van der Waals surface area contributed by atoms with Gasteiger partial charge in [0.25, 0.3) is 5.91 Å². The molecule has 0 atom stereocenters. The number of hydrogen-bond acceptors (Lipinski definition) is 3. The first-order valence-corrected chi connectivity index (χ1v) is 7.52. The van der Waals surface area contributed by atoms with Crippen LogP contribution in [0.1, 0.15) is 10.4 Å². The minimum atomic E-state index is -3.38. The third-order valence-corrected chi connectivity index (χ3v) is 4.62. The Morgan fingerprint density at radius 3 is 2.21 bits per heavy atom. The number of sulfonamides is 1. The van der Waals surface area contributed by atoms with E-state index in [1.165, 1.54) is 4.31 Å². The van der Waals surface area contributed by atoms with Crippen LogP contribution in [0.3, 0.4) is 0 Å². The summed E-state index contributed by atoms with van der Waals surface area (Å²) >= 11 is 0. The van der Waals surface area contributed by atoms with Gasteiger partial charge in [-0.1, -0.05) is 24.8 Å². The maximum atomic E-state index is 12.2. The monoisotopic (exact) mass is 280 g/mol. The number of rotatable bonds is 3. The Morgan fingerprint density at radius 2 is 1.68 bits per heavy atom. The molecule has 1 aliphatic rings. The molecule has 1 aromatic rings. The molecule has 1 aromatic carbocycles. The molecule has 6 heteroatoms. The van der Waals surface area contributed by atoms with Crippen LogP contribution < -0.4 is 0 Å². The van der Waals surface area contributed by atoms with E-state index >= 15 is 0 Å². The molecule has 0 N–H and O–H groups in total. The fourth-order valence-corrected chi connectivity index (χ4v) is 2.90. The molecule has 1 heterocycles. The molecule has 1 amide bonds. The van der Waals surface area contributed by atoms with E-state index < -0.39 is 10.0 Å². The summed E-state index contributed by atoms with van der Waals surface area (Å²) in [5.74, 6) is -0.0590. The smallest absolute Gasteiger partial charge is 0.253 e. The normalized spacial score (nSPS) is 17.2. The lowest BCUT2D eigenvalue weighted by Crippen LogP contribution is -2.50. The van der Waals surface area contributed by atoms with Crippen molar-refractivity contribution in [1.82, 2.24) is 9.21 Å². The lowest BCUT2D eigenvalue weighted by Gasteiger charge is -2.33. The summed E-state index contributed by atoms with van der Waals surface area (Å²) in [7, 11) is -3.38. The van der Waals surface area contributed by atoms with Crippen LogP contribution >= 0.6 is 0 Å². The quantitative estimate of drug-likeness (QED) is 0.827. The molecule has 0 spiro atoms. The SMILES string of the molecule is C=CS(=O)(=O)N1CCN(C(=O)c2ccccc2)CC1. The summed E-state index contributed by atoms with van der Waals surface area (Å²) in [5.41, 5.74) is 0.627. The van der Waals surface area contributed by atoms with Gasteiger partial charge in [-0.2, -0.15) is 4.31 Å². The fourth-order valence-electron chi connectivity index (χ4n) is 2.01. The Morgan fingerprint density at radius 1 is 1.11 bits per heavy atom. The van der Waals surface area contributed by atoms with Crippen molar-refractivity contribution in [2.75, 3.05) is 26.2 Å². The number of hydrogen-bond donors (Lipinski definition) is 0. The van der Waals surface area contributed by atoms with Crippen LogP contribution in [0, 0.1) is 0 Å². The van der Waals surface area contributed by atoms with Gasteiger partial charge >= 0.3 is 0 Å². The minimum Gasteiger partial charge on any atom is -0.336 e. The van der Waals surface area contributed by atoms with Crippen molar-refractivity contribution in [3.05, 3.63) is 47.9 Å². The summed E-state index contributed by atoms with van der Waals surface area (Å²) in [5, 5.41) is 0.946. The standard InChI is InChI=1S/C13H16N2O3S/c1-2-19(17,18)15-10-8-14(9-11-15)13(16)12-6-4-3-5-7-12/h2-7H,1,8-11H2. The first-order chi connectivity index (χ1) is 9.04. The molecule has 19 heavy (non-hydrogen) atoms. The lowest BCUT2D eigenvalue weighted by atomic mass is 10.2. The third kappa shape index (κ3) is 3.02. The van der Waals surface area contributed by atoms with Crippen molar-refractivity contribution in [3.8, 4) is 0 Å². The van der Waals surface area contributed by atoms with Gasteiger partial charge in [-0.15, -0.1) is 0 Å². The summed E-state index contributed by atoms with van der Waals surface area (Å²) in [6.45, 7) is 4.73. The van der Waals surface area contributed by atoms with Crippen LogP contribution in [0.25, 0.3) is 0 Å². The van der Waals surface area contributed by atoms with Gasteiger partial charge in [-0.05, 0) is 12.1 Å². The van der Waals surface area contributed by atoms with Crippen molar-refractivity contribution >= 4 is 15.9 Å². The van der Waals surface area contributed by atoms with E-state index in [1.807, 2.05) is 18.2 Å². The number of nitrogens with zero attached hydrogens (tertiary/aromatic N) is 2. The molecule has 0 unspecified atom stereocenters. The van der Waals surface area contributed by atoms with E-state index in [1.54, 1.807) is 17.0 Å². The van der Waals surface area contributed by atoms with Crippen LogP contribution in [0.4, 0.5) is 0 Å². The zero-order valence-corrected chi connectivity index (χ0v) is 11.3. The Hall–Kier alpha value is -1.66. The van der Waals surface area contributed by atoms with E-state index in [2.05, 4.69) is 6.58 Å². The average Bonchev–Trinajstić information content (AvgIpc) is 2.47. The van der Waals surface area contributed by atoms with E-state index in [9.17, 15) is 13.2 Å². The minimum absolute atomic E-state index is 0.0590. The Bertz CT molecular complexity index is 561. The second kappa shape index (κ2) is 5.54. The zero-order valence-electron chi connectivity index (χ0n) is 10.5. The highest BCUT2D eigenvalue weighted by Crippen LogP contribution is 2.11. The molecular formula is C13H16N2O3S. The predicted molar refractivity (Wildman–Crippen MR) is 73.0 cm³/mol. The van der Waals surface area contributed by atoms with Crippen molar-refractivity contribution in [2.24, 2.45) is 0 Å². The number of benzene rings is 1. The molecule has 1 saturated heterocycles. The number of piperazine rings is 1. The van der Waals surface area contributed by atoms with Gasteiger partial charge in [0.05, 0.1) is 0 Å². The predicted octanol–water partition coefficient (Wildman–Crippen LogP) is 0.918. The van der Waals surface area contributed by atoms with Crippen LogP contribution in [0.2, 0.25) is 0 Å². The maximum absolute atomic E-state index is 12.2. The van der Waals surface area contributed by atoms with Crippen LogP contribution in [0.15, 0.2) is 42.3 Å². The summed E-state index contributed by atoms with van der Waals surface area (Å²) in [4.78, 5) is 13.8. The molecular weight excluding hydrogens is 264 g/mol. The van der Waals surface area contributed by atoms with Gasteiger partial charge in [-0.3, -0.25) is 4.79 Å². The van der Waals surface area contributed by atoms with Crippen molar-refractivity contribution in [1.29, 1.82) is 0 Å². The highest BCUT2D eigenvalue weighted by atomic mass is 32.2. The van der Waals surface area contributed by atoms with Gasteiger partial charge in [0, 0.05) is 37.2 Å². The first-order valence-electron chi connectivity index (χ1n) is 6.01. The maximum Gasteiger partial charge on any atom is 0.253 e. The number of carbonyl (C=O) groups is 1. The van der Waals surface area contributed by atoms with E-state index in [-0.39, 0.29) is 5.91 Å². The molecule has 102 valence electrons. The van der Waals surface area contributed by atoms with Crippen LogP contribution in [0.5, 0.6) is 0 Å². The zero-order chi connectivity index (χ0) is 13.9. The lowest BCUT2D eigenvalue weighted by molar-refractivity contribution is 0.0698. The second-order valence-corrected chi connectivity index (χ2v) is 6.15. The van der Waals surface area contributed by atoms with Crippen molar-refractivity contribution in [3.63, 3.8) is 0 Å². The third-order valence-electron chi connectivity index (χ3n) is 3.12. The van der Waals surface area contributed by atoms with Crippen LogP contribution in [-0.2, 0) is 10.0 Å². The largest absolute Gasteiger partial charge is 0.336 e. The second-order valence-electron chi connectivity index (χ2n) is 4.27. The Labute approximate surface area is 113 Å². The van der Waals surface area contributed by atoms with Gasteiger partial charge < -0.3 is 4.90 Å². The Balaban J connectivity index is 2.01. The average molecular weight is 280 g/mol. The number of carbonyl (C=O) groups excluding carboxylic acids is 1. The highest BCUT2D eigenvalue weighted by Gasteiger charge is 2.27. The van der Waals surface area contributed by atoms with E-state index in [4.69, 9.17) is 0 Å².